The smallest absolute Gasteiger partial charge is 0.410 e. The van der Waals surface area contributed by atoms with E-state index in [1.165, 1.54) is 0 Å². The summed E-state index contributed by atoms with van der Waals surface area (Å²) >= 11 is 5.91. The third-order valence-electron chi connectivity index (χ3n) is 3.10. The number of fused-ring (bicyclic) bond motifs is 1. The first-order chi connectivity index (χ1) is 9.78. The molecule has 0 saturated carbocycles. The van der Waals surface area contributed by atoms with Crippen molar-refractivity contribution in [1.29, 1.82) is 0 Å². The van der Waals surface area contributed by atoms with Crippen LogP contribution in [0.3, 0.4) is 0 Å². The molecule has 2 rings (SSSR count). The van der Waals surface area contributed by atoms with Gasteiger partial charge in [-0.3, -0.25) is 4.90 Å². The van der Waals surface area contributed by atoms with Crippen molar-refractivity contribution in [3.8, 4) is 5.75 Å². The second-order valence-electron chi connectivity index (χ2n) is 6.12. The Morgan fingerprint density at radius 3 is 2.90 bits per heavy atom. The molecule has 1 aliphatic rings. The Kier molecular flexibility index (Phi) is 4.61. The monoisotopic (exact) mass is 312 g/mol. The van der Waals surface area contributed by atoms with Crippen LogP contribution >= 0.6 is 11.6 Å². The highest BCUT2D eigenvalue weighted by atomic mass is 35.5. The van der Waals surface area contributed by atoms with Crippen molar-refractivity contribution in [2.24, 2.45) is 0 Å². The predicted octanol–water partition coefficient (Wildman–Crippen LogP) is 3.64. The fraction of sp³-hybridized carbons (Fsp3) is 0.600. The molecule has 0 fully saturated rings. The van der Waals surface area contributed by atoms with E-state index < -0.39 is 5.60 Å². The van der Waals surface area contributed by atoms with Gasteiger partial charge in [-0.2, -0.15) is 0 Å². The average molecular weight is 313 g/mol. The van der Waals surface area contributed by atoms with Crippen LogP contribution in [0.25, 0.3) is 0 Å². The van der Waals surface area contributed by atoms with Crippen LogP contribution in [0, 0.1) is 0 Å². The first kappa shape index (κ1) is 15.9. The van der Waals surface area contributed by atoms with Crippen LogP contribution in [-0.4, -0.2) is 34.2 Å². The first-order valence-corrected chi connectivity index (χ1v) is 7.45. The highest BCUT2D eigenvalue weighted by Crippen LogP contribution is 2.28. The third-order valence-corrected chi connectivity index (χ3v) is 3.30. The standard InChI is InChI=1S/C15H21ClN2O3/c1-5-11-9-18(14(19)21-15(2,3)4)8-10-7-17-13(16)6-12(10)20-11/h6-7,11H,5,8-9H2,1-4H3. The molecule has 2 heterocycles. The van der Waals surface area contributed by atoms with Crippen LogP contribution in [0.1, 0.15) is 39.7 Å². The lowest BCUT2D eigenvalue weighted by atomic mass is 10.2. The van der Waals surface area contributed by atoms with Gasteiger partial charge in [-0.15, -0.1) is 0 Å². The number of ether oxygens (including phenoxy) is 2. The van der Waals surface area contributed by atoms with Crippen LogP contribution in [0.4, 0.5) is 4.79 Å². The van der Waals surface area contributed by atoms with Gasteiger partial charge < -0.3 is 9.47 Å². The minimum Gasteiger partial charge on any atom is -0.488 e. The van der Waals surface area contributed by atoms with E-state index in [1.807, 2.05) is 27.7 Å². The summed E-state index contributed by atoms with van der Waals surface area (Å²) in [6, 6.07) is 1.69. The molecular formula is C15H21ClN2O3. The summed E-state index contributed by atoms with van der Waals surface area (Å²) in [5, 5.41) is 0.384. The maximum atomic E-state index is 12.3. The molecule has 1 aromatic heterocycles. The van der Waals surface area contributed by atoms with Crippen molar-refractivity contribution in [1.82, 2.24) is 9.88 Å². The molecule has 0 radical (unpaired) electrons. The number of carbonyl (C=O) groups excluding carboxylic acids is 1. The van der Waals surface area contributed by atoms with E-state index in [1.54, 1.807) is 17.2 Å². The highest BCUT2D eigenvalue weighted by molar-refractivity contribution is 6.29. The van der Waals surface area contributed by atoms with E-state index in [9.17, 15) is 4.79 Å². The average Bonchev–Trinajstić information content (AvgIpc) is 2.55. The largest absolute Gasteiger partial charge is 0.488 e. The lowest BCUT2D eigenvalue weighted by molar-refractivity contribution is 0.0177. The van der Waals surface area contributed by atoms with E-state index >= 15 is 0 Å². The Labute approximate surface area is 130 Å². The maximum Gasteiger partial charge on any atom is 0.410 e. The van der Waals surface area contributed by atoms with Gasteiger partial charge in [-0.1, -0.05) is 18.5 Å². The lowest BCUT2D eigenvalue weighted by Gasteiger charge is -2.27. The van der Waals surface area contributed by atoms with Crippen LogP contribution in [-0.2, 0) is 11.3 Å². The van der Waals surface area contributed by atoms with Crippen molar-refractivity contribution >= 4 is 17.7 Å². The molecular weight excluding hydrogens is 292 g/mol. The Balaban J connectivity index is 2.24. The normalized spacial score (nSPS) is 18.5. The van der Waals surface area contributed by atoms with Crippen LogP contribution in [0.2, 0.25) is 5.15 Å². The fourth-order valence-corrected chi connectivity index (χ4v) is 2.23. The Hall–Kier alpha value is -1.49. The zero-order valence-corrected chi connectivity index (χ0v) is 13.6. The van der Waals surface area contributed by atoms with Gasteiger partial charge in [-0.05, 0) is 27.2 Å². The van der Waals surface area contributed by atoms with Crippen molar-refractivity contribution in [2.45, 2.75) is 52.4 Å². The summed E-state index contributed by atoms with van der Waals surface area (Å²) < 4.78 is 11.4. The number of hydrogen-bond acceptors (Lipinski definition) is 4. The number of amides is 1. The van der Waals surface area contributed by atoms with E-state index in [2.05, 4.69) is 4.98 Å². The Morgan fingerprint density at radius 1 is 1.57 bits per heavy atom. The molecule has 21 heavy (non-hydrogen) atoms. The summed E-state index contributed by atoms with van der Waals surface area (Å²) in [4.78, 5) is 18.0. The molecule has 116 valence electrons. The lowest BCUT2D eigenvalue weighted by Crippen LogP contribution is -2.40. The number of aromatic nitrogens is 1. The Morgan fingerprint density at radius 2 is 2.29 bits per heavy atom. The van der Waals surface area contributed by atoms with Gasteiger partial charge in [0.05, 0.1) is 13.1 Å². The second kappa shape index (κ2) is 6.10. The molecule has 0 spiro atoms. The minimum absolute atomic E-state index is 0.0859. The third kappa shape index (κ3) is 4.24. The number of halogens is 1. The molecule has 1 amide bonds. The number of rotatable bonds is 1. The van der Waals surface area contributed by atoms with E-state index in [4.69, 9.17) is 21.1 Å². The highest BCUT2D eigenvalue weighted by Gasteiger charge is 2.29. The molecule has 0 aliphatic carbocycles. The van der Waals surface area contributed by atoms with E-state index in [-0.39, 0.29) is 12.2 Å². The van der Waals surface area contributed by atoms with Crippen molar-refractivity contribution < 1.29 is 14.3 Å². The molecule has 0 N–H and O–H groups in total. The number of nitrogens with zero attached hydrogens (tertiary/aromatic N) is 2. The number of hydrogen-bond donors (Lipinski definition) is 0. The molecule has 1 aromatic rings. The predicted molar refractivity (Wildman–Crippen MR) is 80.6 cm³/mol. The van der Waals surface area contributed by atoms with Gasteiger partial charge in [-0.25, -0.2) is 9.78 Å². The SMILES string of the molecule is CCC1CN(C(=O)OC(C)(C)C)Cc2cnc(Cl)cc2O1. The van der Waals surface area contributed by atoms with Crippen LogP contribution in [0.5, 0.6) is 5.75 Å². The van der Waals surface area contributed by atoms with Gasteiger partial charge in [0.15, 0.2) is 0 Å². The van der Waals surface area contributed by atoms with Crippen molar-refractivity contribution in [3.05, 3.63) is 23.0 Å². The summed E-state index contributed by atoms with van der Waals surface area (Å²) in [6.45, 7) is 8.47. The minimum atomic E-state index is -0.521. The van der Waals surface area contributed by atoms with Crippen molar-refractivity contribution in [3.63, 3.8) is 0 Å². The zero-order chi connectivity index (χ0) is 15.6. The van der Waals surface area contributed by atoms with Crippen molar-refractivity contribution in [2.75, 3.05) is 6.54 Å². The summed E-state index contributed by atoms with van der Waals surface area (Å²) in [6.07, 6.45) is 2.01. The number of carbonyl (C=O) groups is 1. The van der Waals surface area contributed by atoms with Gasteiger partial charge in [0.2, 0.25) is 0 Å². The molecule has 5 nitrogen and oxygen atoms in total. The summed E-state index contributed by atoms with van der Waals surface area (Å²) in [7, 11) is 0. The molecule has 0 bridgehead atoms. The molecule has 0 saturated heterocycles. The van der Waals surface area contributed by atoms with Gasteiger partial charge in [0.25, 0.3) is 0 Å². The quantitative estimate of drug-likeness (QED) is 0.743. The van der Waals surface area contributed by atoms with E-state index in [0.717, 1.165) is 12.0 Å². The van der Waals surface area contributed by atoms with Gasteiger partial charge in [0.1, 0.15) is 22.6 Å². The van der Waals surface area contributed by atoms with E-state index in [0.29, 0.717) is 24.0 Å². The van der Waals surface area contributed by atoms with Gasteiger partial charge in [0, 0.05) is 17.8 Å². The fourth-order valence-electron chi connectivity index (χ4n) is 2.08. The molecule has 6 heteroatoms. The summed E-state index contributed by atoms with van der Waals surface area (Å²) in [5.74, 6) is 0.688. The molecule has 1 unspecified atom stereocenters. The number of pyridine rings is 1. The topological polar surface area (TPSA) is 51.7 Å². The molecule has 1 aliphatic heterocycles. The zero-order valence-electron chi connectivity index (χ0n) is 12.9. The Bertz CT molecular complexity index is 528. The molecule has 0 aromatic carbocycles. The van der Waals surface area contributed by atoms with Crippen LogP contribution < -0.4 is 4.74 Å². The van der Waals surface area contributed by atoms with Crippen LogP contribution in [0.15, 0.2) is 12.3 Å². The first-order valence-electron chi connectivity index (χ1n) is 7.07. The maximum absolute atomic E-state index is 12.3. The molecule has 1 atom stereocenters. The van der Waals surface area contributed by atoms with Gasteiger partial charge >= 0.3 is 6.09 Å². The summed E-state index contributed by atoms with van der Waals surface area (Å²) in [5.41, 5.74) is 0.314. The second-order valence-corrected chi connectivity index (χ2v) is 6.51.